The van der Waals surface area contributed by atoms with Crippen LogP contribution in [0.2, 0.25) is 0 Å². The van der Waals surface area contributed by atoms with Crippen molar-refractivity contribution >= 4 is 11.7 Å². The number of pyridine rings is 1. The van der Waals surface area contributed by atoms with E-state index in [1.165, 1.54) is 37.7 Å². The van der Waals surface area contributed by atoms with Crippen LogP contribution in [0.3, 0.4) is 0 Å². The summed E-state index contributed by atoms with van der Waals surface area (Å²) in [6.45, 7) is 4.02. The summed E-state index contributed by atoms with van der Waals surface area (Å²) < 4.78 is 0. The lowest BCUT2D eigenvalue weighted by molar-refractivity contribution is -0.117. The molecule has 2 aromatic carbocycles. The number of carbonyl (C=O) groups is 1. The van der Waals surface area contributed by atoms with Gasteiger partial charge >= 0.3 is 0 Å². The van der Waals surface area contributed by atoms with E-state index in [0.717, 1.165) is 16.8 Å². The second kappa shape index (κ2) is 10.6. The highest BCUT2D eigenvalue weighted by atomic mass is 16.1. The van der Waals surface area contributed by atoms with E-state index in [2.05, 4.69) is 47.9 Å². The van der Waals surface area contributed by atoms with Gasteiger partial charge in [-0.05, 0) is 49.4 Å². The number of aromatic nitrogens is 1. The molecule has 3 aromatic rings. The van der Waals surface area contributed by atoms with Crippen LogP contribution in [0.25, 0.3) is 0 Å². The van der Waals surface area contributed by atoms with Crippen molar-refractivity contribution in [3.63, 3.8) is 0 Å². The zero-order valence-corrected chi connectivity index (χ0v) is 19.1. The fourth-order valence-electron chi connectivity index (χ4n) is 4.52. The zero-order valence-electron chi connectivity index (χ0n) is 19.1. The average Bonchev–Trinajstić information content (AvgIpc) is 2.85. The largest absolute Gasteiger partial charge is 0.310 e. The lowest BCUT2D eigenvalue weighted by Gasteiger charge is -2.29. The topological polar surface area (TPSA) is 54.0 Å². The number of hydrogen-bond donors (Lipinski definition) is 2. The number of hydrogen-bond acceptors (Lipinski definition) is 3. The third kappa shape index (κ3) is 5.43. The molecular formula is C28H33N3O. The standard InChI is InChI=1S/C28H33N3O/c1-20-18-19-25(31-28(32)21(2)22-12-6-3-7-13-22)30-26(20)27(23-14-8-4-9-15-23)29-24-16-10-5-11-17-24/h3-4,6-9,12-15,18-19,21,24,27,29H,5,10-11,16-17H2,1-2H3,(H,30,31,32)/t21-,27?/m1/s1. The molecule has 1 saturated carbocycles. The average molecular weight is 428 g/mol. The molecule has 1 aliphatic rings. The number of nitrogens with one attached hydrogen (secondary N) is 2. The molecule has 0 aliphatic heterocycles. The molecule has 0 saturated heterocycles. The van der Waals surface area contributed by atoms with Gasteiger partial charge in [-0.25, -0.2) is 4.98 Å². The van der Waals surface area contributed by atoms with Crippen LogP contribution in [0.5, 0.6) is 0 Å². The third-order valence-electron chi connectivity index (χ3n) is 6.49. The fraction of sp³-hybridized carbons (Fsp3) is 0.357. The van der Waals surface area contributed by atoms with Crippen LogP contribution >= 0.6 is 0 Å². The van der Waals surface area contributed by atoms with Gasteiger partial charge in [0.2, 0.25) is 5.91 Å². The van der Waals surface area contributed by atoms with Crippen LogP contribution in [0.4, 0.5) is 5.82 Å². The minimum Gasteiger partial charge on any atom is -0.310 e. The number of anilines is 1. The van der Waals surface area contributed by atoms with Crippen LogP contribution in [0.15, 0.2) is 72.8 Å². The molecule has 2 N–H and O–H groups in total. The number of benzene rings is 2. The highest BCUT2D eigenvalue weighted by Gasteiger charge is 2.24. The molecule has 2 atom stereocenters. The monoisotopic (exact) mass is 427 g/mol. The third-order valence-corrected chi connectivity index (χ3v) is 6.49. The first-order valence-electron chi connectivity index (χ1n) is 11.8. The number of amides is 1. The van der Waals surface area contributed by atoms with Crippen LogP contribution in [-0.2, 0) is 4.79 Å². The van der Waals surface area contributed by atoms with Gasteiger partial charge in [0.15, 0.2) is 0 Å². The van der Waals surface area contributed by atoms with E-state index in [4.69, 9.17) is 4.98 Å². The Morgan fingerprint density at radius 2 is 1.50 bits per heavy atom. The second-order valence-corrected chi connectivity index (χ2v) is 8.87. The summed E-state index contributed by atoms with van der Waals surface area (Å²) in [7, 11) is 0. The maximum absolute atomic E-state index is 12.9. The summed E-state index contributed by atoms with van der Waals surface area (Å²) in [4.78, 5) is 17.8. The lowest BCUT2D eigenvalue weighted by atomic mass is 9.92. The van der Waals surface area contributed by atoms with E-state index in [1.54, 1.807) is 0 Å². The van der Waals surface area contributed by atoms with E-state index in [-0.39, 0.29) is 17.9 Å². The van der Waals surface area contributed by atoms with Gasteiger partial charge in [-0.2, -0.15) is 0 Å². The SMILES string of the molecule is Cc1ccc(NC(=O)[C@H](C)c2ccccc2)nc1C(NC1CCCCC1)c1ccccc1. The smallest absolute Gasteiger partial charge is 0.232 e. The number of rotatable bonds is 7. The highest BCUT2D eigenvalue weighted by molar-refractivity contribution is 5.94. The predicted octanol–water partition coefficient (Wildman–Crippen LogP) is 6.14. The van der Waals surface area contributed by atoms with Crippen molar-refractivity contribution in [1.82, 2.24) is 10.3 Å². The molecule has 0 radical (unpaired) electrons. The van der Waals surface area contributed by atoms with Gasteiger partial charge in [-0.1, -0.05) is 86.0 Å². The van der Waals surface area contributed by atoms with E-state index in [1.807, 2.05) is 49.4 Å². The summed E-state index contributed by atoms with van der Waals surface area (Å²) in [6.07, 6.45) is 6.28. The molecule has 1 unspecified atom stereocenters. The van der Waals surface area contributed by atoms with E-state index in [9.17, 15) is 4.79 Å². The highest BCUT2D eigenvalue weighted by Crippen LogP contribution is 2.28. The van der Waals surface area contributed by atoms with Gasteiger partial charge in [0.1, 0.15) is 5.82 Å². The molecule has 1 aliphatic carbocycles. The molecule has 1 amide bonds. The first-order valence-corrected chi connectivity index (χ1v) is 11.8. The van der Waals surface area contributed by atoms with Crippen molar-refractivity contribution in [2.45, 2.75) is 64.0 Å². The minimum atomic E-state index is -0.243. The minimum absolute atomic E-state index is 0.00250. The summed E-state index contributed by atoms with van der Waals surface area (Å²) in [5.74, 6) is 0.313. The van der Waals surface area contributed by atoms with Gasteiger partial charge in [-0.15, -0.1) is 0 Å². The van der Waals surface area contributed by atoms with Crippen molar-refractivity contribution in [2.75, 3.05) is 5.32 Å². The molecule has 32 heavy (non-hydrogen) atoms. The van der Waals surface area contributed by atoms with Crippen molar-refractivity contribution in [1.29, 1.82) is 0 Å². The van der Waals surface area contributed by atoms with Crippen molar-refractivity contribution in [3.8, 4) is 0 Å². The Kier molecular flexibility index (Phi) is 7.33. The Balaban J connectivity index is 1.59. The van der Waals surface area contributed by atoms with Crippen molar-refractivity contribution < 1.29 is 4.79 Å². The number of aryl methyl sites for hydroxylation is 1. The zero-order chi connectivity index (χ0) is 22.3. The molecule has 166 valence electrons. The van der Waals surface area contributed by atoms with Crippen molar-refractivity contribution in [3.05, 3.63) is 95.2 Å². The maximum Gasteiger partial charge on any atom is 0.232 e. The fourth-order valence-corrected chi connectivity index (χ4v) is 4.52. The molecule has 0 bridgehead atoms. The van der Waals surface area contributed by atoms with Crippen LogP contribution in [0, 0.1) is 6.92 Å². The maximum atomic E-state index is 12.9. The van der Waals surface area contributed by atoms with Crippen LogP contribution in [-0.4, -0.2) is 16.9 Å². The Hall–Kier alpha value is -2.98. The first-order chi connectivity index (χ1) is 15.6. The molecule has 4 nitrogen and oxygen atoms in total. The molecule has 1 heterocycles. The number of nitrogens with zero attached hydrogens (tertiary/aromatic N) is 1. The summed E-state index contributed by atoms with van der Waals surface area (Å²) >= 11 is 0. The van der Waals surface area contributed by atoms with Gasteiger partial charge in [-0.3, -0.25) is 4.79 Å². The van der Waals surface area contributed by atoms with Crippen LogP contribution in [0.1, 0.15) is 73.4 Å². The Morgan fingerprint density at radius 1 is 0.875 bits per heavy atom. The van der Waals surface area contributed by atoms with E-state index in [0.29, 0.717) is 11.9 Å². The lowest BCUT2D eigenvalue weighted by Crippen LogP contribution is -2.36. The van der Waals surface area contributed by atoms with E-state index >= 15 is 0 Å². The molecule has 4 rings (SSSR count). The first kappa shape index (κ1) is 22.2. The quantitative estimate of drug-likeness (QED) is 0.476. The molecule has 4 heteroatoms. The molecular weight excluding hydrogens is 394 g/mol. The summed E-state index contributed by atoms with van der Waals surface area (Å²) in [5, 5.41) is 6.92. The second-order valence-electron chi connectivity index (χ2n) is 8.87. The number of carbonyl (C=O) groups excluding carboxylic acids is 1. The molecule has 1 aromatic heterocycles. The van der Waals surface area contributed by atoms with Gasteiger partial charge in [0, 0.05) is 6.04 Å². The summed E-state index contributed by atoms with van der Waals surface area (Å²) in [5.41, 5.74) is 4.30. The van der Waals surface area contributed by atoms with Crippen molar-refractivity contribution in [2.24, 2.45) is 0 Å². The van der Waals surface area contributed by atoms with E-state index < -0.39 is 0 Å². The summed E-state index contributed by atoms with van der Waals surface area (Å²) in [6, 6.07) is 24.8. The normalized spacial score (nSPS) is 16.3. The van der Waals surface area contributed by atoms with Gasteiger partial charge in [0.25, 0.3) is 0 Å². The molecule has 1 fully saturated rings. The van der Waals surface area contributed by atoms with Gasteiger partial charge in [0.05, 0.1) is 17.7 Å². The predicted molar refractivity (Wildman–Crippen MR) is 131 cm³/mol. The Labute approximate surface area is 191 Å². The molecule has 0 spiro atoms. The van der Waals surface area contributed by atoms with Gasteiger partial charge < -0.3 is 10.6 Å². The van der Waals surface area contributed by atoms with Crippen LogP contribution < -0.4 is 10.6 Å². The Morgan fingerprint density at radius 3 is 2.16 bits per heavy atom. The Bertz CT molecular complexity index is 1010.